The van der Waals surface area contributed by atoms with Crippen LogP contribution in [0, 0.1) is 0 Å². The summed E-state index contributed by atoms with van der Waals surface area (Å²) in [5.41, 5.74) is 3.34. The number of aromatic carboxylic acids is 1. The zero-order chi connectivity index (χ0) is 14.7. The number of hydrogen-bond donors (Lipinski definition) is 1. The molecule has 0 saturated carbocycles. The number of carboxylic acids is 1. The highest BCUT2D eigenvalue weighted by Crippen LogP contribution is 2.35. The monoisotopic (exact) mass is 298 g/mol. The van der Waals surface area contributed by atoms with E-state index in [4.69, 9.17) is 5.11 Å². The molecule has 0 spiro atoms. The van der Waals surface area contributed by atoms with E-state index in [1.807, 2.05) is 23.9 Å². The largest absolute Gasteiger partial charge is 0.478 e. The Kier molecular flexibility index (Phi) is 4.30. The minimum atomic E-state index is -0.868. The van der Waals surface area contributed by atoms with Gasteiger partial charge in [-0.2, -0.15) is 0 Å². The fourth-order valence-corrected chi connectivity index (χ4v) is 3.99. The summed E-state index contributed by atoms with van der Waals surface area (Å²) in [5.74, 6) is 0.801. The van der Waals surface area contributed by atoms with Gasteiger partial charge in [-0.25, -0.2) is 4.79 Å². The van der Waals surface area contributed by atoms with Crippen LogP contribution in [0.3, 0.4) is 0 Å². The molecule has 21 heavy (non-hydrogen) atoms. The first kappa shape index (κ1) is 14.2. The Hall–Kier alpha value is -1.74. The lowest BCUT2D eigenvalue weighted by Crippen LogP contribution is -2.11. The molecule has 3 heteroatoms. The Morgan fingerprint density at radius 1 is 1.14 bits per heavy atom. The fraction of sp³-hybridized carbons (Fsp3) is 0.278. The Morgan fingerprint density at radius 3 is 2.67 bits per heavy atom. The number of benzene rings is 2. The van der Waals surface area contributed by atoms with Crippen molar-refractivity contribution in [3.63, 3.8) is 0 Å². The van der Waals surface area contributed by atoms with E-state index in [9.17, 15) is 4.79 Å². The van der Waals surface area contributed by atoms with Gasteiger partial charge >= 0.3 is 5.97 Å². The van der Waals surface area contributed by atoms with Gasteiger partial charge in [-0.1, -0.05) is 24.3 Å². The lowest BCUT2D eigenvalue weighted by molar-refractivity contribution is 0.0697. The van der Waals surface area contributed by atoms with Crippen LogP contribution in [0.1, 0.15) is 40.2 Å². The van der Waals surface area contributed by atoms with E-state index in [0.29, 0.717) is 11.5 Å². The van der Waals surface area contributed by atoms with E-state index in [1.54, 1.807) is 12.1 Å². The second-order valence-corrected chi connectivity index (χ2v) is 6.52. The number of thioether (sulfide) groups is 1. The molecular weight excluding hydrogens is 280 g/mol. The van der Waals surface area contributed by atoms with Gasteiger partial charge in [0.2, 0.25) is 0 Å². The molecule has 1 aliphatic carbocycles. The third-order valence-corrected chi connectivity index (χ3v) is 5.22. The molecule has 0 heterocycles. The standard InChI is InChI=1S/C18H18O2S/c19-18(20)14-8-10-16(11-9-14)21-12-15-6-3-5-13-4-1-2-7-17(13)15/h1-2,4,7-11,15H,3,5-6,12H2,(H,19,20). The zero-order valence-electron chi connectivity index (χ0n) is 11.8. The van der Waals surface area contributed by atoms with E-state index >= 15 is 0 Å². The van der Waals surface area contributed by atoms with Crippen molar-refractivity contribution < 1.29 is 9.90 Å². The molecule has 108 valence electrons. The first-order valence-corrected chi connectivity index (χ1v) is 8.26. The molecular formula is C18H18O2S. The smallest absolute Gasteiger partial charge is 0.335 e. The molecule has 0 amide bonds. The van der Waals surface area contributed by atoms with Crippen molar-refractivity contribution >= 4 is 17.7 Å². The highest BCUT2D eigenvalue weighted by atomic mass is 32.2. The second-order valence-electron chi connectivity index (χ2n) is 5.43. The number of carboxylic acid groups (broad SMARTS) is 1. The van der Waals surface area contributed by atoms with Crippen molar-refractivity contribution in [2.24, 2.45) is 0 Å². The van der Waals surface area contributed by atoms with E-state index in [-0.39, 0.29) is 0 Å². The Labute approximate surface area is 129 Å². The van der Waals surface area contributed by atoms with Gasteiger partial charge < -0.3 is 5.11 Å². The predicted octanol–water partition coefficient (Wildman–Crippen LogP) is 4.60. The molecule has 1 N–H and O–H groups in total. The molecule has 0 saturated heterocycles. The van der Waals surface area contributed by atoms with Crippen LogP contribution in [-0.4, -0.2) is 16.8 Å². The van der Waals surface area contributed by atoms with E-state index < -0.39 is 5.97 Å². The van der Waals surface area contributed by atoms with E-state index in [1.165, 1.54) is 30.4 Å². The van der Waals surface area contributed by atoms with Crippen LogP contribution in [-0.2, 0) is 6.42 Å². The van der Waals surface area contributed by atoms with Crippen molar-refractivity contribution in [1.82, 2.24) is 0 Å². The average molecular weight is 298 g/mol. The highest BCUT2D eigenvalue weighted by Gasteiger charge is 2.19. The zero-order valence-corrected chi connectivity index (χ0v) is 12.6. The van der Waals surface area contributed by atoms with Crippen LogP contribution >= 0.6 is 11.8 Å². The quantitative estimate of drug-likeness (QED) is 0.838. The minimum Gasteiger partial charge on any atom is -0.478 e. The third-order valence-electron chi connectivity index (χ3n) is 4.05. The van der Waals surface area contributed by atoms with Gasteiger partial charge in [0.05, 0.1) is 5.56 Å². The van der Waals surface area contributed by atoms with Crippen LogP contribution in [0.2, 0.25) is 0 Å². The van der Waals surface area contributed by atoms with Gasteiger partial charge in [-0.15, -0.1) is 11.8 Å². The summed E-state index contributed by atoms with van der Waals surface area (Å²) in [4.78, 5) is 12.0. The summed E-state index contributed by atoms with van der Waals surface area (Å²) >= 11 is 1.82. The lowest BCUT2D eigenvalue weighted by atomic mass is 9.84. The van der Waals surface area contributed by atoms with Gasteiger partial charge in [0.1, 0.15) is 0 Å². The van der Waals surface area contributed by atoms with Gasteiger partial charge in [0.25, 0.3) is 0 Å². The van der Waals surface area contributed by atoms with Crippen molar-refractivity contribution in [3.8, 4) is 0 Å². The van der Waals surface area contributed by atoms with Crippen molar-refractivity contribution in [2.45, 2.75) is 30.1 Å². The van der Waals surface area contributed by atoms with E-state index in [2.05, 4.69) is 24.3 Å². The van der Waals surface area contributed by atoms with Crippen molar-refractivity contribution in [2.75, 3.05) is 5.75 Å². The normalized spacial score (nSPS) is 17.2. The average Bonchev–Trinajstić information content (AvgIpc) is 2.53. The van der Waals surface area contributed by atoms with Gasteiger partial charge in [0.15, 0.2) is 0 Å². The highest BCUT2D eigenvalue weighted by molar-refractivity contribution is 7.99. The van der Waals surface area contributed by atoms with Crippen LogP contribution in [0.5, 0.6) is 0 Å². The fourth-order valence-electron chi connectivity index (χ4n) is 2.92. The Balaban J connectivity index is 1.67. The SMILES string of the molecule is O=C(O)c1ccc(SCC2CCCc3ccccc32)cc1. The molecule has 3 rings (SSSR count). The maximum atomic E-state index is 10.8. The van der Waals surface area contributed by atoms with Crippen molar-refractivity contribution in [3.05, 3.63) is 65.2 Å². The summed E-state index contributed by atoms with van der Waals surface area (Å²) in [6.07, 6.45) is 3.71. The summed E-state index contributed by atoms with van der Waals surface area (Å²) in [6.45, 7) is 0. The molecule has 0 bridgehead atoms. The number of fused-ring (bicyclic) bond motifs is 1. The molecule has 1 unspecified atom stereocenters. The molecule has 0 aromatic heterocycles. The Morgan fingerprint density at radius 2 is 1.90 bits per heavy atom. The molecule has 1 aliphatic rings. The topological polar surface area (TPSA) is 37.3 Å². The first-order valence-electron chi connectivity index (χ1n) is 7.28. The van der Waals surface area contributed by atoms with Crippen LogP contribution in [0.15, 0.2) is 53.4 Å². The summed E-state index contributed by atoms with van der Waals surface area (Å²) < 4.78 is 0. The third kappa shape index (κ3) is 3.30. The summed E-state index contributed by atoms with van der Waals surface area (Å²) in [7, 11) is 0. The van der Waals surface area contributed by atoms with Crippen LogP contribution in [0.25, 0.3) is 0 Å². The molecule has 0 radical (unpaired) electrons. The minimum absolute atomic E-state index is 0.349. The number of aryl methyl sites for hydroxylation is 1. The lowest BCUT2D eigenvalue weighted by Gasteiger charge is -2.25. The second kappa shape index (κ2) is 6.35. The molecule has 0 fully saturated rings. The molecule has 0 aliphatic heterocycles. The first-order chi connectivity index (χ1) is 10.2. The van der Waals surface area contributed by atoms with Crippen LogP contribution in [0.4, 0.5) is 0 Å². The molecule has 1 atom stereocenters. The van der Waals surface area contributed by atoms with Gasteiger partial charge in [-0.05, 0) is 60.6 Å². The summed E-state index contributed by atoms with van der Waals surface area (Å²) in [6, 6.07) is 15.9. The Bertz CT molecular complexity index is 634. The van der Waals surface area contributed by atoms with E-state index in [0.717, 1.165) is 10.6 Å². The number of hydrogen-bond acceptors (Lipinski definition) is 2. The maximum Gasteiger partial charge on any atom is 0.335 e. The summed E-state index contributed by atoms with van der Waals surface area (Å²) in [5, 5.41) is 8.91. The number of carbonyl (C=O) groups is 1. The van der Waals surface area contributed by atoms with Gasteiger partial charge in [-0.3, -0.25) is 0 Å². The van der Waals surface area contributed by atoms with Gasteiger partial charge in [0, 0.05) is 10.6 Å². The maximum absolute atomic E-state index is 10.8. The molecule has 2 aromatic rings. The number of rotatable bonds is 4. The predicted molar refractivity (Wildman–Crippen MR) is 86.2 cm³/mol. The molecule has 2 aromatic carbocycles. The van der Waals surface area contributed by atoms with Crippen LogP contribution < -0.4 is 0 Å². The molecule has 2 nitrogen and oxygen atoms in total. The van der Waals surface area contributed by atoms with Crippen molar-refractivity contribution in [1.29, 1.82) is 0 Å².